The molecule has 0 amide bonds. The van der Waals surface area contributed by atoms with E-state index in [0.29, 0.717) is 18.5 Å². The minimum atomic E-state index is 0.0664. The number of imidazole rings is 1. The van der Waals surface area contributed by atoms with Gasteiger partial charge in [-0.3, -0.25) is 9.78 Å². The maximum atomic E-state index is 11.9. The Morgan fingerprint density at radius 1 is 1.35 bits per heavy atom. The molecule has 0 saturated carbocycles. The van der Waals surface area contributed by atoms with E-state index in [4.69, 9.17) is 0 Å². The Hall–Kier alpha value is -1.97. The highest BCUT2D eigenvalue weighted by Gasteiger charge is 2.09. The second-order valence-corrected chi connectivity index (χ2v) is 4.10. The van der Waals surface area contributed by atoms with Crippen LogP contribution in [-0.2, 0) is 13.5 Å². The Labute approximate surface area is 100 Å². The highest BCUT2D eigenvalue weighted by Crippen LogP contribution is 2.06. The van der Waals surface area contributed by atoms with Crippen LogP contribution in [0.15, 0.2) is 30.7 Å². The number of carbonyl (C=O) groups is 1. The van der Waals surface area contributed by atoms with Crippen molar-refractivity contribution in [1.82, 2.24) is 14.5 Å². The van der Waals surface area contributed by atoms with Crippen molar-refractivity contribution < 1.29 is 4.79 Å². The lowest BCUT2D eigenvalue weighted by Gasteiger charge is -2.02. The minimum absolute atomic E-state index is 0.0664. The van der Waals surface area contributed by atoms with Crippen molar-refractivity contribution in [2.75, 3.05) is 0 Å². The SMILES string of the molecule is Cc1ccnc(C(=O)CCc2nccn2C)c1. The molecule has 2 aromatic heterocycles. The van der Waals surface area contributed by atoms with Crippen molar-refractivity contribution in [3.8, 4) is 0 Å². The van der Waals surface area contributed by atoms with Gasteiger partial charge in [0.05, 0.1) is 0 Å². The smallest absolute Gasteiger partial charge is 0.181 e. The molecule has 4 nitrogen and oxygen atoms in total. The molecule has 0 spiro atoms. The Balaban J connectivity index is 2.01. The lowest BCUT2D eigenvalue weighted by Crippen LogP contribution is -2.06. The van der Waals surface area contributed by atoms with Crippen LogP contribution in [0.1, 0.15) is 28.3 Å². The van der Waals surface area contributed by atoms with Gasteiger partial charge >= 0.3 is 0 Å². The van der Waals surface area contributed by atoms with Crippen LogP contribution in [0.4, 0.5) is 0 Å². The summed E-state index contributed by atoms with van der Waals surface area (Å²) in [5.74, 6) is 0.989. The minimum Gasteiger partial charge on any atom is -0.338 e. The van der Waals surface area contributed by atoms with Gasteiger partial charge in [-0.25, -0.2) is 4.98 Å². The van der Waals surface area contributed by atoms with E-state index in [1.54, 1.807) is 12.4 Å². The normalized spacial score (nSPS) is 10.5. The monoisotopic (exact) mass is 229 g/mol. The van der Waals surface area contributed by atoms with Gasteiger partial charge < -0.3 is 4.57 Å². The number of carbonyl (C=O) groups excluding carboxylic acids is 1. The maximum absolute atomic E-state index is 11.9. The van der Waals surface area contributed by atoms with Gasteiger partial charge in [0.25, 0.3) is 0 Å². The summed E-state index contributed by atoms with van der Waals surface area (Å²) in [4.78, 5) is 20.2. The summed E-state index contributed by atoms with van der Waals surface area (Å²) < 4.78 is 1.93. The van der Waals surface area contributed by atoms with E-state index < -0.39 is 0 Å². The molecule has 88 valence electrons. The van der Waals surface area contributed by atoms with Crippen molar-refractivity contribution >= 4 is 5.78 Å². The highest BCUT2D eigenvalue weighted by molar-refractivity contribution is 5.94. The van der Waals surface area contributed by atoms with Gasteiger partial charge in [-0.15, -0.1) is 0 Å². The zero-order chi connectivity index (χ0) is 12.3. The quantitative estimate of drug-likeness (QED) is 0.753. The van der Waals surface area contributed by atoms with Crippen molar-refractivity contribution in [3.63, 3.8) is 0 Å². The predicted octanol–water partition coefficient (Wildman–Crippen LogP) is 1.94. The molecule has 0 fully saturated rings. The summed E-state index contributed by atoms with van der Waals surface area (Å²) in [5, 5.41) is 0. The van der Waals surface area contributed by atoms with Crippen LogP contribution in [0.2, 0.25) is 0 Å². The first-order valence-corrected chi connectivity index (χ1v) is 5.59. The standard InChI is InChI=1S/C13H15N3O/c1-10-5-6-14-11(9-10)12(17)3-4-13-15-7-8-16(13)2/h5-9H,3-4H2,1-2H3. The van der Waals surface area contributed by atoms with Gasteiger partial charge in [0.2, 0.25) is 0 Å². The van der Waals surface area contributed by atoms with Gasteiger partial charge in [0, 0.05) is 38.5 Å². The molecule has 0 N–H and O–H groups in total. The molecule has 4 heteroatoms. The Morgan fingerprint density at radius 3 is 2.82 bits per heavy atom. The van der Waals surface area contributed by atoms with Crippen LogP contribution in [0, 0.1) is 6.92 Å². The number of aromatic nitrogens is 3. The van der Waals surface area contributed by atoms with Gasteiger partial charge in [-0.1, -0.05) is 0 Å². The van der Waals surface area contributed by atoms with Crippen LogP contribution in [-0.4, -0.2) is 20.3 Å². The predicted molar refractivity (Wildman–Crippen MR) is 64.8 cm³/mol. The molecule has 0 radical (unpaired) electrons. The molecular weight excluding hydrogens is 214 g/mol. The summed E-state index contributed by atoms with van der Waals surface area (Å²) in [6.45, 7) is 1.96. The van der Waals surface area contributed by atoms with E-state index in [9.17, 15) is 4.79 Å². The number of nitrogens with zero attached hydrogens (tertiary/aromatic N) is 3. The van der Waals surface area contributed by atoms with E-state index in [1.165, 1.54) is 0 Å². The lowest BCUT2D eigenvalue weighted by molar-refractivity contribution is 0.0977. The number of ketones is 1. The third kappa shape index (κ3) is 2.78. The summed E-state index contributed by atoms with van der Waals surface area (Å²) in [6, 6.07) is 3.70. The van der Waals surface area contributed by atoms with Crippen molar-refractivity contribution in [2.45, 2.75) is 19.8 Å². The van der Waals surface area contributed by atoms with E-state index in [-0.39, 0.29) is 5.78 Å². The molecule has 2 rings (SSSR count). The Morgan fingerprint density at radius 2 is 2.18 bits per heavy atom. The van der Waals surface area contributed by atoms with Gasteiger partial charge in [0.15, 0.2) is 5.78 Å². The first-order valence-electron chi connectivity index (χ1n) is 5.59. The zero-order valence-corrected chi connectivity index (χ0v) is 10.1. The Kier molecular flexibility index (Phi) is 3.32. The average molecular weight is 229 g/mol. The van der Waals surface area contributed by atoms with Gasteiger partial charge in [-0.05, 0) is 24.6 Å². The fraction of sp³-hybridized carbons (Fsp3) is 0.308. The fourth-order valence-electron chi connectivity index (χ4n) is 1.68. The Bertz CT molecular complexity index is 531. The lowest BCUT2D eigenvalue weighted by atomic mass is 10.1. The van der Waals surface area contributed by atoms with E-state index in [1.807, 2.05) is 36.9 Å². The second-order valence-electron chi connectivity index (χ2n) is 4.10. The first-order chi connectivity index (χ1) is 8.16. The van der Waals surface area contributed by atoms with Gasteiger partial charge in [0.1, 0.15) is 11.5 Å². The van der Waals surface area contributed by atoms with E-state index in [0.717, 1.165) is 11.4 Å². The molecule has 0 saturated heterocycles. The van der Waals surface area contributed by atoms with Crippen molar-refractivity contribution in [1.29, 1.82) is 0 Å². The summed E-state index contributed by atoms with van der Waals surface area (Å²) in [7, 11) is 1.93. The topological polar surface area (TPSA) is 47.8 Å². The molecule has 0 aromatic carbocycles. The zero-order valence-electron chi connectivity index (χ0n) is 10.1. The highest BCUT2D eigenvalue weighted by atomic mass is 16.1. The largest absolute Gasteiger partial charge is 0.338 e. The second kappa shape index (κ2) is 4.91. The number of aryl methyl sites for hydroxylation is 3. The van der Waals surface area contributed by atoms with Crippen LogP contribution in [0.25, 0.3) is 0 Å². The third-order valence-electron chi connectivity index (χ3n) is 2.70. The van der Waals surface area contributed by atoms with Gasteiger partial charge in [-0.2, -0.15) is 0 Å². The average Bonchev–Trinajstić information content (AvgIpc) is 2.72. The van der Waals surface area contributed by atoms with Crippen LogP contribution in [0.3, 0.4) is 0 Å². The summed E-state index contributed by atoms with van der Waals surface area (Å²) >= 11 is 0. The third-order valence-corrected chi connectivity index (χ3v) is 2.70. The molecule has 0 aliphatic rings. The molecular formula is C13H15N3O. The number of rotatable bonds is 4. The van der Waals surface area contributed by atoms with E-state index >= 15 is 0 Å². The molecule has 2 heterocycles. The maximum Gasteiger partial charge on any atom is 0.181 e. The molecule has 0 unspecified atom stereocenters. The van der Waals surface area contributed by atoms with Crippen LogP contribution >= 0.6 is 0 Å². The first kappa shape index (κ1) is 11.5. The number of pyridine rings is 1. The molecule has 0 atom stereocenters. The molecule has 2 aromatic rings. The van der Waals surface area contributed by atoms with Crippen molar-refractivity contribution in [3.05, 3.63) is 47.8 Å². The number of hydrogen-bond acceptors (Lipinski definition) is 3. The summed E-state index contributed by atoms with van der Waals surface area (Å²) in [6.07, 6.45) is 6.39. The summed E-state index contributed by atoms with van der Waals surface area (Å²) in [5.41, 5.74) is 1.60. The fourth-order valence-corrected chi connectivity index (χ4v) is 1.68. The molecule has 17 heavy (non-hydrogen) atoms. The molecule has 0 aliphatic heterocycles. The van der Waals surface area contributed by atoms with Crippen LogP contribution in [0.5, 0.6) is 0 Å². The molecule has 0 bridgehead atoms. The van der Waals surface area contributed by atoms with Crippen molar-refractivity contribution in [2.24, 2.45) is 7.05 Å². The van der Waals surface area contributed by atoms with E-state index in [2.05, 4.69) is 9.97 Å². The molecule has 0 aliphatic carbocycles. The van der Waals surface area contributed by atoms with Crippen LogP contribution < -0.4 is 0 Å². The number of Topliss-reactive ketones (excluding diaryl/α,β-unsaturated/α-hetero) is 1. The number of hydrogen-bond donors (Lipinski definition) is 0.